The normalized spacial score (nSPS) is 11.8. The molecule has 0 radical (unpaired) electrons. The number of nitro groups is 1. The zero-order chi connectivity index (χ0) is 19.4. The first-order valence-corrected chi connectivity index (χ1v) is 9.21. The summed E-state index contributed by atoms with van der Waals surface area (Å²) >= 11 is 7.32. The average molecular weight is 403 g/mol. The maximum atomic E-state index is 12.5. The molecule has 9 heteroatoms. The van der Waals surface area contributed by atoms with Crippen LogP contribution < -0.4 is 5.32 Å². The van der Waals surface area contributed by atoms with Crippen molar-refractivity contribution in [2.24, 2.45) is 0 Å². The monoisotopic (exact) mass is 402 g/mol. The lowest BCUT2D eigenvalue weighted by Crippen LogP contribution is -2.22. The Hall–Kier alpha value is -2.84. The quantitative estimate of drug-likeness (QED) is 0.371. The summed E-state index contributed by atoms with van der Waals surface area (Å²) in [7, 11) is 0. The predicted molar refractivity (Wildman–Crippen MR) is 106 cm³/mol. The van der Waals surface area contributed by atoms with Crippen molar-refractivity contribution in [1.82, 2.24) is 9.55 Å². The summed E-state index contributed by atoms with van der Waals surface area (Å²) in [5, 5.41) is 14.3. The van der Waals surface area contributed by atoms with E-state index in [1.807, 2.05) is 16.7 Å². The number of carbonyl (C=O) groups excluding carboxylic acids is 1. The van der Waals surface area contributed by atoms with E-state index in [1.54, 1.807) is 37.5 Å². The number of hydrogen-bond acceptors (Lipinski definition) is 5. The molecule has 3 rings (SSSR count). The minimum atomic E-state index is -0.504. The highest BCUT2D eigenvalue weighted by Crippen LogP contribution is 2.27. The number of imidazole rings is 1. The third-order valence-corrected chi connectivity index (χ3v) is 4.98. The molecule has 0 aliphatic carbocycles. The zero-order valence-corrected chi connectivity index (χ0v) is 15.8. The van der Waals surface area contributed by atoms with Crippen LogP contribution in [-0.4, -0.2) is 25.6 Å². The average Bonchev–Trinajstić information content (AvgIpc) is 3.10. The number of benzene rings is 2. The van der Waals surface area contributed by atoms with E-state index in [0.29, 0.717) is 15.9 Å². The van der Waals surface area contributed by atoms with Gasteiger partial charge >= 0.3 is 0 Å². The number of aromatic nitrogens is 2. The molecule has 1 amide bonds. The van der Waals surface area contributed by atoms with Gasteiger partial charge in [-0.25, -0.2) is 4.98 Å². The number of nitrogens with one attached hydrogen (secondary N) is 1. The number of rotatable bonds is 6. The summed E-state index contributed by atoms with van der Waals surface area (Å²) < 4.78 is 1.84. The topological polar surface area (TPSA) is 90.1 Å². The van der Waals surface area contributed by atoms with Crippen LogP contribution in [0.15, 0.2) is 66.1 Å². The van der Waals surface area contributed by atoms with Crippen LogP contribution in [0.1, 0.15) is 6.92 Å². The van der Waals surface area contributed by atoms with Gasteiger partial charge in [-0.2, -0.15) is 0 Å². The molecule has 0 saturated heterocycles. The number of carbonyl (C=O) groups is 1. The largest absolute Gasteiger partial charge is 0.325 e. The maximum Gasteiger partial charge on any atom is 0.271 e. The molecule has 0 bridgehead atoms. The minimum Gasteiger partial charge on any atom is -0.325 e. The Bertz CT molecular complexity index is 992. The van der Waals surface area contributed by atoms with Crippen LogP contribution in [-0.2, 0) is 4.79 Å². The summed E-state index contributed by atoms with van der Waals surface area (Å²) in [5.74, 6) is -0.277. The number of halogens is 1. The van der Waals surface area contributed by atoms with E-state index >= 15 is 0 Å². The molecule has 138 valence electrons. The third kappa shape index (κ3) is 4.66. The van der Waals surface area contributed by atoms with Crippen molar-refractivity contribution >= 4 is 40.6 Å². The number of nitro benzene ring substituents is 1. The van der Waals surface area contributed by atoms with Crippen LogP contribution in [0.5, 0.6) is 0 Å². The molecule has 0 fully saturated rings. The van der Waals surface area contributed by atoms with E-state index in [2.05, 4.69) is 10.3 Å². The Morgan fingerprint density at radius 3 is 2.81 bits per heavy atom. The first-order chi connectivity index (χ1) is 12.9. The van der Waals surface area contributed by atoms with Crippen LogP contribution in [0, 0.1) is 10.1 Å². The van der Waals surface area contributed by atoms with Gasteiger partial charge in [-0.1, -0.05) is 35.5 Å². The number of nitrogens with zero attached hydrogens (tertiary/aromatic N) is 3. The molecule has 3 aromatic rings. The first kappa shape index (κ1) is 18.9. The maximum absolute atomic E-state index is 12.5. The molecule has 0 spiro atoms. The Morgan fingerprint density at radius 1 is 1.30 bits per heavy atom. The van der Waals surface area contributed by atoms with Gasteiger partial charge in [0.25, 0.3) is 5.69 Å². The zero-order valence-electron chi connectivity index (χ0n) is 14.2. The summed E-state index contributed by atoms with van der Waals surface area (Å²) in [4.78, 5) is 27.1. The van der Waals surface area contributed by atoms with Gasteiger partial charge in [-0.15, -0.1) is 0 Å². The standard InChI is InChI=1S/C18H15ClN4O3S/c1-12(17(24)21-14-5-3-7-16(11-14)23(25)26)27-18-20-8-9-22(18)15-6-2-4-13(19)10-15/h2-12H,1H3,(H,21,24). The molecule has 1 N–H and O–H groups in total. The Labute approximate surface area is 164 Å². The van der Waals surface area contributed by atoms with E-state index in [4.69, 9.17) is 11.6 Å². The number of amides is 1. The molecule has 7 nitrogen and oxygen atoms in total. The van der Waals surface area contributed by atoms with Crippen molar-refractivity contribution in [3.8, 4) is 5.69 Å². The van der Waals surface area contributed by atoms with Gasteiger partial charge in [0.1, 0.15) is 0 Å². The molecule has 2 aromatic carbocycles. The molecule has 1 aromatic heterocycles. The molecule has 0 aliphatic rings. The highest BCUT2D eigenvalue weighted by Gasteiger charge is 2.19. The fourth-order valence-corrected chi connectivity index (χ4v) is 3.42. The number of non-ortho nitro benzene ring substituents is 1. The van der Waals surface area contributed by atoms with Crippen molar-refractivity contribution in [3.05, 3.63) is 76.1 Å². The summed E-state index contributed by atoms with van der Waals surface area (Å²) in [6, 6.07) is 13.1. The van der Waals surface area contributed by atoms with Crippen LogP contribution in [0.4, 0.5) is 11.4 Å². The molecule has 27 heavy (non-hydrogen) atoms. The molecular weight excluding hydrogens is 388 g/mol. The second-order valence-electron chi connectivity index (χ2n) is 5.62. The van der Waals surface area contributed by atoms with Crippen LogP contribution in [0.2, 0.25) is 5.02 Å². The molecule has 0 saturated carbocycles. The fraction of sp³-hybridized carbons (Fsp3) is 0.111. The van der Waals surface area contributed by atoms with Gasteiger partial charge < -0.3 is 5.32 Å². The van der Waals surface area contributed by atoms with E-state index < -0.39 is 10.2 Å². The second kappa shape index (κ2) is 8.24. The van der Waals surface area contributed by atoms with Crippen LogP contribution in [0.25, 0.3) is 5.69 Å². The number of anilines is 1. The van der Waals surface area contributed by atoms with E-state index in [0.717, 1.165) is 5.69 Å². The highest BCUT2D eigenvalue weighted by molar-refractivity contribution is 8.00. The van der Waals surface area contributed by atoms with Crippen molar-refractivity contribution in [1.29, 1.82) is 0 Å². The smallest absolute Gasteiger partial charge is 0.271 e. The van der Waals surface area contributed by atoms with Crippen LogP contribution in [0.3, 0.4) is 0 Å². The minimum absolute atomic E-state index is 0.0791. The van der Waals surface area contributed by atoms with E-state index in [1.165, 1.54) is 30.0 Å². The van der Waals surface area contributed by atoms with Gasteiger partial charge in [0.2, 0.25) is 5.91 Å². The molecule has 1 atom stereocenters. The Kier molecular flexibility index (Phi) is 5.78. The van der Waals surface area contributed by atoms with Crippen molar-refractivity contribution in [3.63, 3.8) is 0 Å². The lowest BCUT2D eigenvalue weighted by atomic mass is 10.2. The van der Waals surface area contributed by atoms with Gasteiger partial charge in [-0.05, 0) is 31.2 Å². The Balaban J connectivity index is 1.72. The van der Waals surface area contributed by atoms with Crippen molar-refractivity contribution in [2.75, 3.05) is 5.32 Å². The lowest BCUT2D eigenvalue weighted by molar-refractivity contribution is -0.384. The van der Waals surface area contributed by atoms with Gasteiger partial charge in [0, 0.05) is 40.9 Å². The van der Waals surface area contributed by atoms with E-state index in [-0.39, 0.29) is 11.6 Å². The summed E-state index contributed by atoms with van der Waals surface area (Å²) in [6.07, 6.45) is 3.44. The lowest BCUT2D eigenvalue weighted by Gasteiger charge is -2.13. The van der Waals surface area contributed by atoms with Crippen LogP contribution >= 0.6 is 23.4 Å². The third-order valence-electron chi connectivity index (χ3n) is 3.67. The fourth-order valence-electron chi connectivity index (χ4n) is 2.35. The molecule has 1 unspecified atom stereocenters. The highest BCUT2D eigenvalue weighted by atomic mass is 35.5. The van der Waals surface area contributed by atoms with Gasteiger partial charge in [0.05, 0.1) is 10.2 Å². The molecule has 0 aliphatic heterocycles. The summed E-state index contributed by atoms with van der Waals surface area (Å²) in [6.45, 7) is 1.74. The Morgan fingerprint density at radius 2 is 2.07 bits per heavy atom. The van der Waals surface area contributed by atoms with E-state index in [9.17, 15) is 14.9 Å². The van der Waals surface area contributed by atoms with Crippen molar-refractivity contribution in [2.45, 2.75) is 17.3 Å². The molecule has 1 heterocycles. The SMILES string of the molecule is CC(Sc1nccn1-c1cccc(Cl)c1)C(=O)Nc1cccc([N+](=O)[O-])c1. The first-order valence-electron chi connectivity index (χ1n) is 7.95. The van der Waals surface area contributed by atoms with Gasteiger partial charge in [-0.3, -0.25) is 19.5 Å². The van der Waals surface area contributed by atoms with Gasteiger partial charge in [0.15, 0.2) is 5.16 Å². The molecular formula is C18H15ClN4O3S. The number of hydrogen-bond donors (Lipinski definition) is 1. The predicted octanol–water partition coefficient (Wildman–Crippen LogP) is 4.55. The summed E-state index contributed by atoms with van der Waals surface area (Å²) in [5.41, 5.74) is 1.14. The number of thioether (sulfide) groups is 1. The second-order valence-corrected chi connectivity index (χ2v) is 7.36. The van der Waals surface area contributed by atoms with Crippen molar-refractivity contribution < 1.29 is 9.72 Å².